The smallest absolute Gasteiger partial charge is 0.329 e. The van der Waals surface area contributed by atoms with Crippen molar-refractivity contribution in [1.82, 2.24) is 15.1 Å². The average molecular weight is 508 g/mol. The number of nitrogens with zero attached hydrogens (tertiary/aromatic N) is 4. The summed E-state index contributed by atoms with van der Waals surface area (Å²) in [5.41, 5.74) is 0. The van der Waals surface area contributed by atoms with Crippen molar-refractivity contribution in [3.63, 3.8) is 0 Å². The molecule has 29 heavy (non-hydrogen) atoms. The zero-order chi connectivity index (χ0) is 20.6. The lowest BCUT2D eigenvalue weighted by Crippen LogP contribution is -2.56. The molecule has 1 unspecified atom stereocenters. The molecule has 0 aromatic carbocycles. The summed E-state index contributed by atoms with van der Waals surface area (Å²) in [7, 11) is 0. The molecule has 1 aliphatic heterocycles. The second kappa shape index (κ2) is 11.5. The van der Waals surface area contributed by atoms with Crippen LogP contribution in [0.2, 0.25) is 0 Å². The van der Waals surface area contributed by atoms with Crippen molar-refractivity contribution in [3.05, 3.63) is 5.01 Å². The minimum atomic E-state index is -0.646. The molecule has 2 aliphatic rings. The molecule has 0 bridgehead atoms. The van der Waals surface area contributed by atoms with Crippen LogP contribution < -0.4 is 4.90 Å². The van der Waals surface area contributed by atoms with E-state index in [0.717, 1.165) is 17.8 Å². The van der Waals surface area contributed by atoms with Gasteiger partial charge in [0.2, 0.25) is 5.13 Å². The number of carbonyl (C=O) groups is 2. The lowest BCUT2D eigenvalue weighted by Gasteiger charge is -2.38. The van der Waals surface area contributed by atoms with Crippen molar-refractivity contribution in [2.45, 2.75) is 69.9 Å². The summed E-state index contributed by atoms with van der Waals surface area (Å²) >= 11 is 10.5. The largest absolute Gasteiger partial charge is 0.441 e. The summed E-state index contributed by atoms with van der Waals surface area (Å²) in [4.78, 5) is 28.6. The van der Waals surface area contributed by atoms with Gasteiger partial charge in [0, 0.05) is 43.1 Å². The topological polar surface area (TPSA) is 75.6 Å². The summed E-state index contributed by atoms with van der Waals surface area (Å²) < 4.78 is 5.64. The van der Waals surface area contributed by atoms with E-state index in [1.807, 2.05) is 0 Å². The van der Waals surface area contributed by atoms with Gasteiger partial charge in [-0.05, 0) is 19.3 Å². The molecule has 10 heteroatoms. The van der Waals surface area contributed by atoms with Crippen LogP contribution in [-0.4, -0.2) is 57.6 Å². The first-order valence-electron chi connectivity index (χ1n) is 10.4. The van der Waals surface area contributed by atoms with Crippen molar-refractivity contribution < 1.29 is 14.3 Å². The maximum atomic E-state index is 13.1. The van der Waals surface area contributed by atoms with Crippen LogP contribution in [0, 0.1) is 0 Å². The van der Waals surface area contributed by atoms with E-state index in [4.69, 9.17) is 16.3 Å². The number of urea groups is 1. The molecule has 0 N–H and O–H groups in total. The van der Waals surface area contributed by atoms with Crippen LogP contribution in [-0.2, 0) is 9.53 Å². The lowest BCUT2D eigenvalue weighted by atomic mass is 10.0. The monoisotopic (exact) mass is 506 g/mol. The number of esters is 1. The molecule has 162 valence electrons. The van der Waals surface area contributed by atoms with E-state index in [0.29, 0.717) is 48.2 Å². The van der Waals surface area contributed by atoms with Gasteiger partial charge in [-0.15, -0.1) is 21.8 Å². The molecule has 1 saturated carbocycles. The minimum Gasteiger partial charge on any atom is -0.441 e. The predicted octanol–water partition coefficient (Wildman–Crippen LogP) is 4.89. The van der Waals surface area contributed by atoms with Gasteiger partial charge in [-0.25, -0.2) is 9.69 Å². The van der Waals surface area contributed by atoms with Gasteiger partial charge in [-0.1, -0.05) is 53.0 Å². The number of carbonyl (C=O) groups excluding carboxylic acids is 2. The van der Waals surface area contributed by atoms with Crippen molar-refractivity contribution >= 4 is 56.0 Å². The van der Waals surface area contributed by atoms with Crippen LogP contribution in [0.3, 0.4) is 0 Å². The average Bonchev–Trinajstić information content (AvgIpc) is 3.03. The lowest BCUT2D eigenvalue weighted by molar-refractivity contribution is -0.149. The number of amides is 2. The van der Waals surface area contributed by atoms with Crippen molar-refractivity contribution in [3.8, 4) is 0 Å². The van der Waals surface area contributed by atoms with Gasteiger partial charge in [0.15, 0.2) is 6.23 Å². The van der Waals surface area contributed by atoms with E-state index in [2.05, 4.69) is 26.1 Å². The molecule has 2 fully saturated rings. The van der Waals surface area contributed by atoms with Crippen molar-refractivity contribution in [2.24, 2.45) is 0 Å². The minimum absolute atomic E-state index is 0.186. The summed E-state index contributed by atoms with van der Waals surface area (Å²) in [6.07, 6.45) is 7.91. The Morgan fingerprint density at radius 3 is 2.66 bits per heavy atom. The van der Waals surface area contributed by atoms with Gasteiger partial charge in [-0.2, -0.15) is 0 Å². The van der Waals surface area contributed by atoms with Crippen LogP contribution in [0.25, 0.3) is 0 Å². The van der Waals surface area contributed by atoms with E-state index in [9.17, 15) is 9.59 Å². The molecular formula is C19H28BrClN4O3S. The van der Waals surface area contributed by atoms with Crippen LogP contribution >= 0.6 is 38.9 Å². The molecular weight excluding hydrogens is 480 g/mol. The highest BCUT2D eigenvalue weighted by Gasteiger charge is 2.38. The molecule has 1 aromatic rings. The fourth-order valence-corrected chi connectivity index (χ4v) is 5.44. The summed E-state index contributed by atoms with van der Waals surface area (Å²) in [6.45, 7) is 1.14. The Balaban J connectivity index is 1.78. The van der Waals surface area contributed by atoms with E-state index in [-0.39, 0.29) is 18.4 Å². The zero-order valence-electron chi connectivity index (χ0n) is 16.5. The molecule has 3 rings (SSSR count). The summed E-state index contributed by atoms with van der Waals surface area (Å²) in [5.74, 6) is 0.477. The van der Waals surface area contributed by atoms with Crippen LogP contribution in [0.15, 0.2) is 0 Å². The van der Waals surface area contributed by atoms with E-state index < -0.39 is 6.23 Å². The zero-order valence-corrected chi connectivity index (χ0v) is 19.7. The number of ether oxygens (including phenoxy) is 1. The maximum Gasteiger partial charge on any atom is 0.329 e. The van der Waals surface area contributed by atoms with Gasteiger partial charge in [0.05, 0.1) is 0 Å². The third-order valence-electron chi connectivity index (χ3n) is 5.39. The van der Waals surface area contributed by atoms with Crippen LogP contribution in [0.1, 0.15) is 68.7 Å². The molecule has 0 spiro atoms. The summed E-state index contributed by atoms with van der Waals surface area (Å²) in [6, 6.07) is -0.186. The number of hydrogen-bond donors (Lipinski definition) is 0. The molecule has 2 amide bonds. The van der Waals surface area contributed by atoms with Crippen LogP contribution in [0.4, 0.5) is 9.93 Å². The molecule has 1 aromatic heterocycles. The molecule has 1 saturated heterocycles. The van der Waals surface area contributed by atoms with Gasteiger partial charge >= 0.3 is 12.0 Å². The highest BCUT2D eigenvalue weighted by atomic mass is 79.9. The molecule has 1 aliphatic carbocycles. The Bertz CT molecular complexity index is 684. The van der Waals surface area contributed by atoms with Crippen LogP contribution in [0.5, 0.6) is 0 Å². The SMILES string of the molecule is O=C(CCCCl)OC1CCN(CCBr)C(=O)N1c1nnc(C2CCCCCC2)s1. The number of anilines is 1. The number of rotatable bonds is 8. The summed E-state index contributed by atoms with van der Waals surface area (Å²) in [5, 5.41) is 10.9. The Labute approximate surface area is 189 Å². The number of halogens is 2. The third-order valence-corrected chi connectivity index (χ3v) is 7.09. The first-order valence-corrected chi connectivity index (χ1v) is 12.8. The number of alkyl halides is 2. The Hall–Kier alpha value is -0.930. The van der Waals surface area contributed by atoms with Gasteiger partial charge < -0.3 is 9.64 Å². The number of aromatic nitrogens is 2. The molecule has 1 atom stereocenters. The second-order valence-corrected chi connectivity index (χ2v) is 9.62. The standard InChI is InChI=1S/C19H28BrClN4O3S/c20-10-13-24-12-9-15(28-16(26)8-5-11-21)25(19(24)27)18-23-22-17(29-18)14-6-3-1-2-4-7-14/h14-15H,1-13H2. The Kier molecular flexibility index (Phi) is 8.99. The van der Waals surface area contributed by atoms with Gasteiger partial charge in [0.1, 0.15) is 5.01 Å². The quantitative estimate of drug-likeness (QED) is 0.284. The molecule has 2 heterocycles. The third kappa shape index (κ3) is 6.04. The maximum absolute atomic E-state index is 13.1. The fraction of sp³-hybridized carbons (Fsp3) is 0.789. The normalized spacial score (nSPS) is 21.3. The molecule has 7 nitrogen and oxygen atoms in total. The van der Waals surface area contributed by atoms with Crippen molar-refractivity contribution in [1.29, 1.82) is 0 Å². The van der Waals surface area contributed by atoms with E-state index in [1.54, 1.807) is 4.90 Å². The highest BCUT2D eigenvalue weighted by Crippen LogP contribution is 2.37. The second-order valence-electron chi connectivity index (χ2n) is 7.47. The highest BCUT2D eigenvalue weighted by molar-refractivity contribution is 9.09. The Morgan fingerprint density at radius 2 is 1.97 bits per heavy atom. The predicted molar refractivity (Wildman–Crippen MR) is 118 cm³/mol. The Morgan fingerprint density at radius 1 is 1.21 bits per heavy atom. The van der Waals surface area contributed by atoms with Gasteiger partial charge in [0.25, 0.3) is 0 Å². The first kappa shape index (κ1) is 22.7. The molecule has 0 radical (unpaired) electrons. The van der Waals surface area contributed by atoms with Crippen molar-refractivity contribution in [2.75, 3.05) is 29.2 Å². The number of hydrogen-bond acceptors (Lipinski definition) is 6. The first-order chi connectivity index (χ1) is 14.1. The van der Waals surface area contributed by atoms with E-state index in [1.165, 1.54) is 41.9 Å². The fourth-order valence-electron chi connectivity index (χ4n) is 3.83. The van der Waals surface area contributed by atoms with Gasteiger partial charge in [-0.3, -0.25) is 4.79 Å². The van der Waals surface area contributed by atoms with E-state index >= 15 is 0 Å².